The maximum atomic E-state index is 12.0. The van der Waals surface area contributed by atoms with Crippen molar-refractivity contribution in [1.82, 2.24) is 4.90 Å². The summed E-state index contributed by atoms with van der Waals surface area (Å²) in [6, 6.07) is 7.80. The van der Waals surface area contributed by atoms with Crippen molar-refractivity contribution in [3.63, 3.8) is 0 Å². The van der Waals surface area contributed by atoms with Crippen LogP contribution in [0.25, 0.3) is 0 Å². The molecular formula is C18H28N2O3. The number of benzene rings is 1. The first kappa shape index (κ1) is 17.6. The monoisotopic (exact) mass is 320 g/mol. The van der Waals surface area contributed by atoms with Crippen molar-refractivity contribution in [2.75, 3.05) is 44.8 Å². The second kappa shape index (κ2) is 10.1. The van der Waals surface area contributed by atoms with Crippen molar-refractivity contribution in [2.24, 2.45) is 0 Å². The number of nitrogens with zero attached hydrogens (tertiary/aromatic N) is 1. The van der Waals surface area contributed by atoms with Crippen molar-refractivity contribution < 1.29 is 14.3 Å². The summed E-state index contributed by atoms with van der Waals surface area (Å²) in [5.41, 5.74) is 0.935. The van der Waals surface area contributed by atoms with E-state index in [9.17, 15) is 4.79 Å². The highest BCUT2D eigenvalue weighted by Crippen LogP contribution is 2.16. The van der Waals surface area contributed by atoms with E-state index in [1.165, 1.54) is 19.3 Å². The fourth-order valence-electron chi connectivity index (χ4n) is 2.49. The third-order valence-corrected chi connectivity index (χ3v) is 3.93. The molecule has 1 amide bonds. The molecule has 1 aliphatic heterocycles. The number of rotatable bonds is 9. The maximum Gasteiger partial charge on any atom is 0.242 e. The SMILES string of the molecule is CCCCCCOc1ccc(NCC(=O)N2CCOCC2)cc1. The first-order valence-electron chi connectivity index (χ1n) is 8.62. The van der Waals surface area contributed by atoms with Gasteiger partial charge in [-0.05, 0) is 30.7 Å². The van der Waals surface area contributed by atoms with Crippen LogP contribution in [0.2, 0.25) is 0 Å². The molecule has 0 aromatic heterocycles. The molecule has 1 N–H and O–H groups in total. The number of anilines is 1. The van der Waals surface area contributed by atoms with E-state index < -0.39 is 0 Å². The molecule has 1 fully saturated rings. The summed E-state index contributed by atoms with van der Waals surface area (Å²) in [4.78, 5) is 13.9. The molecule has 0 spiro atoms. The van der Waals surface area contributed by atoms with Gasteiger partial charge in [0.15, 0.2) is 0 Å². The molecule has 128 valence electrons. The molecule has 1 heterocycles. The normalized spacial score (nSPS) is 14.6. The average molecular weight is 320 g/mol. The minimum Gasteiger partial charge on any atom is -0.494 e. The zero-order chi connectivity index (χ0) is 16.3. The first-order chi connectivity index (χ1) is 11.3. The molecule has 1 aliphatic rings. The van der Waals surface area contributed by atoms with Crippen LogP contribution in [0.4, 0.5) is 5.69 Å². The van der Waals surface area contributed by atoms with Gasteiger partial charge in [0, 0.05) is 18.8 Å². The summed E-state index contributed by atoms with van der Waals surface area (Å²) in [7, 11) is 0. The van der Waals surface area contributed by atoms with Gasteiger partial charge in [0.25, 0.3) is 0 Å². The molecule has 2 rings (SSSR count). The van der Waals surface area contributed by atoms with Gasteiger partial charge in [0.1, 0.15) is 5.75 Å². The van der Waals surface area contributed by atoms with Crippen LogP contribution >= 0.6 is 0 Å². The third kappa shape index (κ3) is 6.48. The lowest BCUT2D eigenvalue weighted by Gasteiger charge is -2.27. The van der Waals surface area contributed by atoms with E-state index in [-0.39, 0.29) is 5.91 Å². The Morgan fingerprint density at radius 1 is 1.17 bits per heavy atom. The van der Waals surface area contributed by atoms with Gasteiger partial charge in [-0.3, -0.25) is 4.79 Å². The van der Waals surface area contributed by atoms with Crippen LogP contribution in [0, 0.1) is 0 Å². The van der Waals surface area contributed by atoms with Crippen molar-refractivity contribution in [3.8, 4) is 5.75 Å². The lowest BCUT2D eigenvalue weighted by atomic mass is 10.2. The molecule has 1 saturated heterocycles. The number of morpholine rings is 1. The zero-order valence-electron chi connectivity index (χ0n) is 14.1. The second-order valence-electron chi connectivity index (χ2n) is 5.78. The number of hydrogen-bond acceptors (Lipinski definition) is 4. The molecule has 0 atom stereocenters. The summed E-state index contributed by atoms with van der Waals surface area (Å²) in [5, 5.41) is 3.17. The summed E-state index contributed by atoms with van der Waals surface area (Å²) < 4.78 is 11.0. The second-order valence-corrected chi connectivity index (χ2v) is 5.78. The predicted octanol–water partition coefficient (Wildman–Crippen LogP) is 2.92. The van der Waals surface area contributed by atoms with E-state index in [1.54, 1.807) is 0 Å². The molecule has 5 heteroatoms. The van der Waals surface area contributed by atoms with Crippen LogP contribution < -0.4 is 10.1 Å². The van der Waals surface area contributed by atoms with Gasteiger partial charge < -0.3 is 19.7 Å². The van der Waals surface area contributed by atoms with Gasteiger partial charge >= 0.3 is 0 Å². The van der Waals surface area contributed by atoms with Gasteiger partial charge in [0.2, 0.25) is 5.91 Å². The number of unbranched alkanes of at least 4 members (excludes halogenated alkanes) is 3. The topological polar surface area (TPSA) is 50.8 Å². The Morgan fingerprint density at radius 2 is 1.91 bits per heavy atom. The summed E-state index contributed by atoms with van der Waals surface area (Å²) in [6.45, 7) is 5.93. The molecule has 0 radical (unpaired) electrons. The Hall–Kier alpha value is -1.75. The highest BCUT2D eigenvalue weighted by Gasteiger charge is 2.16. The Bertz CT molecular complexity index is 456. The van der Waals surface area contributed by atoms with Crippen molar-refractivity contribution >= 4 is 11.6 Å². The Balaban J connectivity index is 1.67. The Morgan fingerprint density at radius 3 is 2.61 bits per heavy atom. The Labute approximate surface area is 139 Å². The highest BCUT2D eigenvalue weighted by atomic mass is 16.5. The minimum atomic E-state index is 0.115. The smallest absolute Gasteiger partial charge is 0.242 e. The van der Waals surface area contributed by atoms with Crippen LogP contribution in [0.3, 0.4) is 0 Å². The van der Waals surface area contributed by atoms with E-state index in [4.69, 9.17) is 9.47 Å². The Kier molecular flexibility index (Phi) is 7.73. The van der Waals surface area contributed by atoms with Crippen LogP contribution in [0.15, 0.2) is 24.3 Å². The van der Waals surface area contributed by atoms with Crippen molar-refractivity contribution in [2.45, 2.75) is 32.6 Å². The van der Waals surface area contributed by atoms with Crippen LogP contribution in [-0.2, 0) is 9.53 Å². The minimum absolute atomic E-state index is 0.115. The number of ether oxygens (including phenoxy) is 2. The lowest BCUT2D eigenvalue weighted by Crippen LogP contribution is -2.43. The van der Waals surface area contributed by atoms with Crippen molar-refractivity contribution in [1.29, 1.82) is 0 Å². The van der Waals surface area contributed by atoms with Gasteiger partial charge in [-0.25, -0.2) is 0 Å². The van der Waals surface area contributed by atoms with E-state index in [1.807, 2.05) is 29.2 Å². The first-order valence-corrected chi connectivity index (χ1v) is 8.62. The lowest BCUT2D eigenvalue weighted by molar-refractivity contribution is -0.133. The highest BCUT2D eigenvalue weighted by molar-refractivity contribution is 5.81. The molecule has 23 heavy (non-hydrogen) atoms. The third-order valence-electron chi connectivity index (χ3n) is 3.93. The van der Waals surface area contributed by atoms with Gasteiger partial charge in [-0.1, -0.05) is 26.2 Å². The molecular weight excluding hydrogens is 292 g/mol. The quantitative estimate of drug-likeness (QED) is 0.711. The number of carbonyl (C=O) groups is 1. The van der Waals surface area contributed by atoms with E-state index >= 15 is 0 Å². The molecule has 1 aromatic carbocycles. The number of amides is 1. The van der Waals surface area contributed by atoms with E-state index in [0.29, 0.717) is 32.8 Å². The van der Waals surface area contributed by atoms with E-state index in [0.717, 1.165) is 24.5 Å². The summed E-state index contributed by atoms with van der Waals surface area (Å²) in [5.74, 6) is 0.996. The maximum absolute atomic E-state index is 12.0. The van der Waals surface area contributed by atoms with Gasteiger partial charge in [0.05, 0.1) is 26.4 Å². The molecule has 0 aliphatic carbocycles. The van der Waals surface area contributed by atoms with Crippen molar-refractivity contribution in [3.05, 3.63) is 24.3 Å². The fourth-order valence-corrected chi connectivity index (χ4v) is 2.49. The van der Waals surface area contributed by atoms with E-state index in [2.05, 4.69) is 12.2 Å². The molecule has 0 bridgehead atoms. The molecule has 5 nitrogen and oxygen atoms in total. The molecule has 0 unspecified atom stereocenters. The summed E-state index contributed by atoms with van der Waals surface area (Å²) >= 11 is 0. The molecule has 0 saturated carbocycles. The number of hydrogen-bond donors (Lipinski definition) is 1. The van der Waals surface area contributed by atoms with Gasteiger partial charge in [-0.2, -0.15) is 0 Å². The fraction of sp³-hybridized carbons (Fsp3) is 0.611. The number of carbonyl (C=O) groups excluding carboxylic acids is 1. The van der Waals surface area contributed by atoms with Crippen LogP contribution in [0.5, 0.6) is 5.75 Å². The zero-order valence-corrected chi connectivity index (χ0v) is 14.1. The average Bonchev–Trinajstić information content (AvgIpc) is 2.61. The standard InChI is InChI=1S/C18H28N2O3/c1-2-3-4-5-12-23-17-8-6-16(7-9-17)19-15-18(21)20-10-13-22-14-11-20/h6-9,19H,2-5,10-15H2,1H3. The van der Waals surface area contributed by atoms with Crippen LogP contribution in [0.1, 0.15) is 32.6 Å². The van der Waals surface area contributed by atoms with Gasteiger partial charge in [-0.15, -0.1) is 0 Å². The predicted molar refractivity (Wildman–Crippen MR) is 92.0 cm³/mol. The van der Waals surface area contributed by atoms with Crippen LogP contribution in [-0.4, -0.2) is 50.3 Å². The number of nitrogens with one attached hydrogen (secondary N) is 1. The summed E-state index contributed by atoms with van der Waals surface area (Å²) in [6.07, 6.45) is 4.83. The largest absolute Gasteiger partial charge is 0.494 e. The molecule has 1 aromatic rings.